The molecule has 1 aromatic heterocycles. The van der Waals surface area contributed by atoms with Crippen molar-refractivity contribution in [2.45, 2.75) is 55.8 Å². The van der Waals surface area contributed by atoms with Gasteiger partial charge in [-0.1, -0.05) is 54.2 Å². The second-order valence-corrected chi connectivity index (χ2v) is 13.5. The molecule has 2 aliphatic heterocycles. The van der Waals surface area contributed by atoms with Crippen LogP contribution >= 0.6 is 23.2 Å². The Balaban J connectivity index is 1.58. The molecule has 2 N–H and O–H groups in total. The minimum absolute atomic E-state index is 0.292. The van der Waals surface area contributed by atoms with Gasteiger partial charge in [0.15, 0.2) is 6.20 Å². The van der Waals surface area contributed by atoms with Crippen molar-refractivity contribution in [2.75, 3.05) is 6.26 Å². The molecule has 3 aliphatic rings. The van der Waals surface area contributed by atoms with Crippen LogP contribution in [0.4, 0.5) is 0 Å². The van der Waals surface area contributed by atoms with E-state index >= 15 is 0 Å². The molecule has 0 bridgehead atoms. The van der Waals surface area contributed by atoms with Gasteiger partial charge in [0.05, 0.1) is 18.2 Å². The first-order valence-electron chi connectivity index (χ1n) is 13.4. The number of pyridine rings is 1. The second kappa shape index (κ2) is 10.6. The highest BCUT2D eigenvalue weighted by Crippen LogP contribution is 2.51. The summed E-state index contributed by atoms with van der Waals surface area (Å²) in [6.07, 6.45) is 5.16. The average molecular weight is 616 g/mol. The van der Waals surface area contributed by atoms with E-state index in [1.807, 2.05) is 6.07 Å². The summed E-state index contributed by atoms with van der Waals surface area (Å²) < 4.78 is 28.1. The van der Waals surface area contributed by atoms with Crippen LogP contribution in [0.3, 0.4) is 0 Å². The molecule has 6 rings (SSSR count). The van der Waals surface area contributed by atoms with Crippen molar-refractivity contribution in [2.24, 2.45) is 0 Å². The van der Waals surface area contributed by atoms with Crippen LogP contribution in [0.1, 0.15) is 76.4 Å². The predicted octanol–water partition coefficient (Wildman–Crippen LogP) is 3.99. The smallest absolute Gasteiger partial charge is 0.255 e. The fourth-order valence-electron chi connectivity index (χ4n) is 6.72. The Morgan fingerprint density at radius 2 is 1.80 bits per heavy atom. The minimum atomic E-state index is -3.58. The van der Waals surface area contributed by atoms with Gasteiger partial charge in [-0.25, -0.2) is 13.1 Å². The van der Waals surface area contributed by atoms with E-state index < -0.39 is 40.1 Å². The third-order valence-corrected chi connectivity index (χ3v) is 9.59. The van der Waals surface area contributed by atoms with E-state index in [1.54, 1.807) is 53.4 Å². The number of sulfonamides is 1. The van der Waals surface area contributed by atoms with Crippen molar-refractivity contribution in [3.63, 3.8) is 0 Å². The van der Waals surface area contributed by atoms with Crippen LogP contribution in [0.15, 0.2) is 60.8 Å². The van der Waals surface area contributed by atoms with Gasteiger partial charge in [0.2, 0.25) is 21.6 Å². The summed E-state index contributed by atoms with van der Waals surface area (Å²) in [5, 5.41) is 16.5. The molecule has 12 heteroatoms. The summed E-state index contributed by atoms with van der Waals surface area (Å²) in [5.41, 5.74) is 2.41. The number of aromatic nitrogens is 1. The van der Waals surface area contributed by atoms with E-state index in [0.717, 1.165) is 19.1 Å². The lowest BCUT2D eigenvalue weighted by Gasteiger charge is -2.50. The third-order valence-electron chi connectivity index (χ3n) is 8.29. The second-order valence-electron chi connectivity index (χ2n) is 10.9. The highest BCUT2D eigenvalue weighted by Gasteiger charge is 2.53. The molecule has 41 heavy (non-hydrogen) atoms. The zero-order valence-corrected chi connectivity index (χ0v) is 24.4. The van der Waals surface area contributed by atoms with Gasteiger partial charge >= 0.3 is 0 Å². The first-order valence-corrected chi connectivity index (χ1v) is 16.1. The fourth-order valence-corrected chi connectivity index (χ4v) is 8.06. The van der Waals surface area contributed by atoms with Crippen LogP contribution in [-0.2, 0) is 14.8 Å². The molecule has 1 unspecified atom stereocenters. The number of amides is 2. The van der Waals surface area contributed by atoms with Gasteiger partial charge in [-0.3, -0.25) is 9.59 Å². The average Bonchev–Trinajstić information content (AvgIpc) is 2.91. The van der Waals surface area contributed by atoms with E-state index in [9.17, 15) is 23.2 Å². The van der Waals surface area contributed by atoms with Crippen molar-refractivity contribution in [3.8, 4) is 0 Å². The summed E-state index contributed by atoms with van der Waals surface area (Å²) in [4.78, 5) is 30.3. The third kappa shape index (κ3) is 4.97. The van der Waals surface area contributed by atoms with Crippen molar-refractivity contribution in [1.29, 1.82) is 0 Å². The Morgan fingerprint density at radius 1 is 1.02 bits per heavy atom. The number of hydrogen-bond acceptors (Lipinski definition) is 5. The topological polar surface area (TPSA) is 123 Å². The molecule has 0 spiro atoms. The molecule has 5 atom stereocenters. The van der Waals surface area contributed by atoms with Gasteiger partial charge < -0.3 is 15.4 Å². The normalized spacial score (nSPS) is 25.9. The van der Waals surface area contributed by atoms with Gasteiger partial charge in [-0.15, -0.1) is 0 Å². The van der Waals surface area contributed by atoms with Crippen molar-refractivity contribution in [1.82, 2.24) is 14.9 Å². The quantitative estimate of drug-likeness (QED) is 0.332. The first-order chi connectivity index (χ1) is 19.5. The molecule has 214 valence electrons. The number of carbonyl (C=O) groups excluding carboxylic acids is 2. The number of halogens is 2. The van der Waals surface area contributed by atoms with Crippen LogP contribution in [0.2, 0.25) is 10.0 Å². The number of nitrogens with one attached hydrogen (secondary N) is 2. The van der Waals surface area contributed by atoms with E-state index in [1.165, 1.54) is 6.20 Å². The number of benzene rings is 2. The van der Waals surface area contributed by atoms with Gasteiger partial charge in [0.25, 0.3) is 5.91 Å². The summed E-state index contributed by atoms with van der Waals surface area (Å²) in [5.74, 6) is -1.55. The number of hydrogen-bond donors (Lipinski definition) is 2. The molecule has 2 amide bonds. The zero-order valence-electron chi connectivity index (χ0n) is 22.1. The summed E-state index contributed by atoms with van der Waals surface area (Å²) in [6.45, 7) is 0. The molecule has 1 fully saturated rings. The highest BCUT2D eigenvalue weighted by atomic mass is 35.5. The summed E-state index contributed by atoms with van der Waals surface area (Å²) >= 11 is 13.0. The SMILES string of the molecule is CS(=O)(=O)N[C@H]1CCCC[C@@H]1N1C(=O)c2cccc3c2[C@@H](C(=O)NC3c2cccc[n+]2[O-])[C@@H]1c1ccc(Cl)cc1Cl. The van der Waals surface area contributed by atoms with Crippen LogP contribution in [0.5, 0.6) is 0 Å². The molecular weight excluding hydrogens is 587 g/mol. The maximum Gasteiger partial charge on any atom is 0.255 e. The molecule has 0 saturated heterocycles. The molecule has 3 aromatic rings. The largest absolute Gasteiger partial charge is 0.618 e. The Bertz CT molecular complexity index is 1670. The number of nitrogens with zero attached hydrogens (tertiary/aromatic N) is 2. The van der Waals surface area contributed by atoms with Crippen molar-refractivity contribution in [3.05, 3.63) is 104 Å². The maximum absolute atomic E-state index is 14.5. The molecular formula is C29H28Cl2N4O5S. The zero-order chi connectivity index (χ0) is 29.1. The van der Waals surface area contributed by atoms with Gasteiger partial charge in [0.1, 0.15) is 6.04 Å². The lowest BCUT2D eigenvalue weighted by molar-refractivity contribution is -0.615. The van der Waals surface area contributed by atoms with Gasteiger partial charge in [0, 0.05) is 39.8 Å². The highest BCUT2D eigenvalue weighted by molar-refractivity contribution is 7.88. The van der Waals surface area contributed by atoms with Gasteiger partial charge in [-0.05, 0) is 53.8 Å². The molecule has 3 heterocycles. The van der Waals surface area contributed by atoms with E-state index in [-0.39, 0.29) is 11.8 Å². The van der Waals surface area contributed by atoms with E-state index in [0.29, 0.717) is 55.6 Å². The number of rotatable bonds is 5. The van der Waals surface area contributed by atoms with Crippen LogP contribution in [0, 0.1) is 5.21 Å². The lowest BCUT2D eigenvalue weighted by Crippen LogP contribution is -2.60. The molecule has 2 aromatic carbocycles. The van der Waals surface area contributed by atoms with Crippen molar-refractivity contribution >= 4 is 45.0 Å². The van der Waals surface area contributed by atoms with Gasteiger partial charge in [-0.2, -0.15) is 4.73 Å². The Morgan fingerprint density at radius 3 is 2.54 bits per heavy atom. The lowest BCUT2D eigenvalue weighted by atomic mass is 9.72. The fraction of sp³-hybridized carbons (Fsp3) is 0.345. The maximum atomic E-state index is 14.5. The molecule has 9 nitrogen and oxygen atoms in total. The molecule has 1 saturated carbocycles. The standard InChI is InChI=1S/C29H28Cl2N4O5S/c1-41(39,40)33-21-9-2-3-10-22(21)35-27(17-13-12-16(30)15-20(17)31)25-24-18(7-6-8-19(24)29(35)37)26(32-28(25)36)23-11-4-5-14-34(23)38/h4-8,11-15,21-22,25-27,33H,2-3,9-10H2,1H3,(H,32,36)/t21-,22-,25+,26?,27-/m0/s1. The first kappa shape index (κ1) is 28.0. The minimum Gasteiger partial charge on any atom is -0.618 e. The molecule has 0 radical (unpaired) electrons. The van der Waals surface area contributed by atoms with E-state index in [4.69, 9.17) is 23.2 Å². The van der Waals surface area contributed by atoms with Crippen molar-refractivity contribution < 1.29 is 22.7 Å². The predicted molar refractivity (Wildman–Crippen MR) is 154 cm³/mol. The van der Waals surface area contributed by atoms with Crippen LogP contribution in [0.25, 0.3) is 0 Å². The van der Waals surface area contributed by atoms with Crippen LogP contribution < -0.4 is 14.8 Å². The van der Waals surface area contributed by atoms with Crippen LogP contribution in [-0.4, -0.2) is 43.5 Å². The summed E-state index contributed by atoms with van der Waals surface area (Å²) in [7, 11) is -3.58. The molecule has 1 aliphatic carbocycles. The Labute approximate surface area is 248 Å². The Hall–Kier alpha value is -3.18. The monoisotopic (exact) mass is 614 g/mol. The Kier molecular flexibility index (Phi) is 7.22. The number of carbonyl (C=O) groups is 2. The summed E-state index contributed by atoms with van der Waals surface area (Å²) in [6, 6.07) is 12.5. The van der Waals surface area contributed by atoms with E-state index in [2.05, 4.69) is 10.0 Å².